The highest BCUT2D eigenvalue weighted by molar-refractivity contribution is 6.31. The second-order valence-corrected chi connectivity index (χ2v) is 3.56. The summed E-state index contributed by atoms with van der Waals surface area (Å²) in [6.07, 6.45) is -0.751. The van der Waals surface area contributed by atoms with Crippen molar-refractivity contribution in [2.24, 2.45) is 0 Å². The maximum absolute atomic E-state index is 11.9. The van der Waals surface area contributed by atoms with Gasteiger partial charge in [0.05, 0.1) is 7.11 Å². The fourth-order valence-electron chi connectivity index (χ4n) is 1.30. The first-order chi connectivity index (χ1) is 7.61. The fraction of sp³-hybridized carbons (Fsp3) is 0.364. The second-order valence-electron chi connectivity index (χ2n) is 3.16. The lowest BCUT2D eigenvalue weighted by Gasteiger charge is -2.21. The van der Waals surface area contributed by atoms with E-state index in [0.717, 1.165) is 5.06 Å². The Balaban J connectivity index is 2.99. The van der Waals surface area contributed by atoms with Crippen molar-refractivity contribution in [1.29, 1.82) is 0 Å². The topological polar surface area (TPSA) is 38.8 Å². The smallest absolute Gasteiger partial charge is 0.279 e. The van der Waals surface area contributed by atoms with Crippen LogP contribution in [0.4, 0.5) is 0 Å². The first-order valence-electron chi connectivity index (χ1n) is 4.70. The van der Waals surface area contributed by atoms with Gasteiger partial charge in [0.2, 0.25) is 0 Å². The molecule has 1 amide bonds. The van der Waals surface area contributed by atoms with Gasteiger partial charge in [0.25, 0.3) is 5.91 Å². The van der Waals surface area contributed by atoms with E-state index in [2.05, 4.69) is 0 Å². The molecule has 1 aromatic rings. The molecule has 0 spiro atoms. The van der Waals surface area contributed by atoms with E-state index in [1.54, 1.807) is 24.3 Å². The van der Waals surface area contributed by atoms with Gasteiger partial charge < -0.3 is 4.74 Å². The molecule has 1 rings (SSSR count). The van der Waals surface area contributed by atoms with Crippen molar-refractivity contribution in [1.82, 2.24) is 5.06 Å². The largest absolute Gasteiger partial charge is 0.367 e. The zero-order valence-corrected chi connectivity index (χ0v) is 10.2. The van der Waals surface area contributed by atoms with Crippen molar-refractivity contribution in [2.45, 2.75) is 6.10 Å². The number of likely N-dealkylation sites (N-methyl/N-ethyl adjacent to an activating group) is 1. The van der Waals surface area contributed by atoms with E-state index in [1.807, 2.05) is 0 Å². The number of benzene rings is 1. The Morgan fingerprint density at radius 2 is 2.00 bits per heavy atom. The van der Waals surface area contributed by atoms with Crippen LogP contribution >= 0.6 is 11.6 Å². The summed E-state index contributed by atoms with van der Waals surface area (Å²) >= 11 is 6.00. The Bertz CT molecular complexity index is 370. The third kappa shape index (κ3) is 2.72. The Morgan fingerprint density at radius 3 is 2.50 bits per heavy atom. The number of carbonyl (C=O) groups is 1. The van der Waals surface area contributed by atoms with Crippen LogP contribution in [0, 0.1) is 0 Å². The molecule has 0 fully saturated rings. The molecule has 16 heavy (non-hydrogen) atoms. The number of carbonyl (C=O) groups excluding carboxylic acids is 1. The van der Waals surface area contributed by atoms with Crippen LogP contribution in [0.15, 0.2) is 24.3 Å². The van der Waals surface area contributed by atoms with Crippen molar-refractivity contribution in [3.63, 3.8) is 0 Å². The first kappa shape index (κ1) is 13.0. The van der Waals surface area contributed by atoms with Crippen LogP contribution in [-0.4, -0.2) is 32.2 Å². The van der Waals surface area contributed by atoms with Crippen molar-refractivity contribution >= 4 is 17.5 Å². The summed E-state index contributed by atoms with van der Waals surface area (Å²) in [7, 11) is 4.39. The molecular weight excluding hydrogens is 230 g/mol. The average Bonchev–Trinajstić information content (AvgIpc) is 2.31. The minimum absolute atomic E-state index is 0.307. The molecule has 0 saturated carbocycles. The Morgan fingerprint density at radius 1 is 1.38 bits per heavy atom. The summed E-state index contributed by atoms with van der Waals surface area (Å²) < 4.78 is 5.15. The van der Waals surface area contributed by atoms with E-state index in [1.165, 1.54) is 21.3 Å². The summed E-state index contributed by atoms with van der Waals surface area (Å²) in [4.78, 5) is 16.7. The SMILES string of the molecule is COC(C(=O)N(C)OC)c1ccccc1Cl. The third-order valence-corrected chi connectivity index (χ3v) is 2.58. The van der Waals surface area contributed by atoms with E-state index in [9.17, 15) is 4.79 Å². The van der Waals surface area contributed by atoms with E-state index >= 15 is 0 Å². The van der Waals surface area contributed by atoms with Crippen LogP contribution in [0.5, 0.6) is 0 Å². The summed E-state index contributed by atoms with van der Waals surface area (Å²) in [5.74, 6) is -0.307. The summed E-state index contributed by atoms with van der Waals surface area (Å²) in [5, 5.41) is 1.60. The maximum atomic E-state index is 11.9. The molecular formula is C11H14ClNO3. The zero-order valence-electron chi connectivity index (χ0n) is 9.44. The van der Waals surface area contributed by atoms with Crippen molar-refractivity contribution in [2.75, 3.05) is 21.3 Å². The van der Waals surface area contributed by atoms with Crippen molar-refractivity contribution in [3.05, 3.63) is 34.9 Å². The summed E-state index contributed by atoms with van der Waals surface area (Å²) in [6, 6.07) is 7.05. The summed E-state index contributed by atoms with van der Waals surface area (Å²) in [5.41, 5.74) is 0.626. The van der Waals surface area contributed by atoms with Gasteiger partial charge in [-0.05, 0) is 6.07 Å². The van der Waals surface area contributed by atoms with Crippen LogP contribution in [0.2, 0.25) is 5.02 Å². The van der Waals surface area contributed by atoms with Crippen LogP contribution in [0.1, 0.15) is 11.7 Å². The van der Waals surface area contributed by atoms with Crippen LogP contribution in [0.25, 0.3) is 0 Å². The lowest BCUT2D eigenvalue weighted by atomic mass is 10.1. The van der Waals surface area contributed by atoms with Gasteiger partial charge >= 0.3 is 0 Å². The third-order valence-electron chi connectivity index (χ3n) is 2.23. The number of amides is 1. The van der Waals surface area contributed by atoms with Gasteiger partial charge in [-0.15, -0.1) is 0 Å². The highest BCUT2D eigenvalue weighted by Gasteiger charge is 2.25. The molecule has 0 radical (unpaired) electrons. The highest BCUT2D eigenvalue weighted by Crippen LogP contribution is 2.26. The first-order valence-corrected chi connectivity index (χ1v) is 5.08. The fourth-order valence-corrected chi connectivity index (χ4v) is 1.54. The number of ether oxygens (including phenoxy) is 1. The monoisotopic (exact) mass is 243 g/mol. The quantitative estimate of drug-likeness (QED) is 0.760. The highest BCUT2D eigenvalue weighted by atomic mass is 35.5. The number of hydrogen-bond acceptors (Lipinski definition) is 3. The van der Waals surface area contributed by atoms with Gasteiger partial charge in [-0.2, -0.15) is 0 Å². The Hall–Kier alpha value is -1.10. The number of hydrogen-bond donors (Lipinski definition) is 0. The number of nitrogens with zero attached hydrogens (tertiary/aromatic N) is 1. The number of halogens is 1. The predicted molar refractivity (Wildman–Crippen MR) is 61.0 cm³/mol. The minimum atomic E-state index is -0.751. The number of methoxy groups -OCH3 is 1. The molecule has 0 N–H and O–H groups in total. The van der Waals surface area contributed by atoms with Crippen LogP contribution in [-0.2, 0) is 14.4 Å². The molecule has 0 aliphatic rings. The Labute approximate surface area is 99.7 Å². The average molecular weight is 244 g/mol. The van der Waals surface area contributed by atoms with Gasteiger partial charge in [-0.25, -0.2) is 5.06 Å². The lowest BCUT2D eigenvalue weighted by Crippen LogP contribution is -2.31. The molecule has 0 aliphatic heterocycles. The molecule has 4 nitrogen and oxygen atoms in total. The van der Waals surface area contributed by atoms with Gasteiger partial charge in [-0.3, -0.25) is 9.63 Å². The van der Waals surface area contributed by atoms with E-state index in [0.29, 0.717) is 10.6 Å². The maximum Gasteiger partial charge on any atom is 0.279 e. The normalized spacial score (nSPS) is 12.2. The molecule has 0 aromatic heterocycles. The van der Waals surface area contributed by atoms with E-state index < -0.39 is 6.10 Å². The molecule has 1 atom stereocenters. The van der Waals surface area contributed by atoms with E-state index in [-0.39, 0.29) is 5.91 Å². The molecule has 0 aliphatic carbocycles. The molecule has 0 saturated heterocycles. The van der Waals surface area contributed by atoms with Gasteiger partial charge in [0.15, 0.2) is 6.10 Å². The lowest BCUT2D eigenvalue weighted by molar-refractivity contribution is -0.179. The molecule has 1 aromatic carbocycles. The van der Waals surface area contributed by atoms with Gasteiger partial charge in [0.1, 0.15) is 0 Å². The van der Waals surface area contributed by atoms with E-state index in [4.69, 9.17) is 21.2 Å². The van der Waals surface area contributed by atoms with Gasteiger partial charge in [-0.1, -0.05) is 29.8 Å². The number of hydroxylamine groups is 2. The zero-order chi connectivity index (χ0) is 12.1. The number of rotatable bonds is 4. The van der Waals surface area contributed by atoms with Crippen LogP contribution < -0.4 is 0 Å². The molecule has 88 valence electrons. The summed E-state index contributed by atoms with van der Waals surface area (Å²) in [6.45, 7) is 0. The molecule has 0 bridgehead atoms. The van der Waals surface area contributed by atoms with Crippen LogP contribution in [0.3, 0.4) is 0 Å². The second kappa shape index (κ2) is 5.84. The van der Waals surface area contributed by atoms with Gasteiger partial charge in [0, 0.05) is 24.7 Å². The molecule has 5 heteroatoms. The minimum Gasteiger partial charge on any atom is -0.367 e. The Kier molecular flexibility index (Phi) is 4.73. The standard InChI is InChI=1S/C11H14ClNO3/c1-13(16-3)11(14)10(15-2)8-6-4-5-7-9(8)12/h4-7,10H,1-3H3. The molecule has 0 heterocycles. The molecule has 1 unspecified atom stereocenters. The van der Waals surface area contributed by atoms with Crippen molar-refractivity contribution < 1.29 is 14.4 Å². The predicted octanol–water partition coefficient (Wildman–Crippen LogP) is 2.05. The van der Waals surface area contributed by atoms with Crippen molar-refractivity contribution in [3.8, 4) is 0 Å².